The first-order valence-corrected chi connectivity index (χ1v) is 11.1. The summed E-state index contributed by atoms with van der Waals surface area (Å²) >= 11 is 0. The number of sulfonamides is 1. The quantitative estimate of drug-likeness (QED) is 0.407. The van der Waals surface area contributed by atoms with Crippen molar-refractivity contribution in [2.24, 2.45) is 0 Å². The van der Waals surface area contributed by atoms with Gasteiger partial charge in [0.15, 0.2) is 0 Å². The number of H-pyrrole nitrogens is 1. The molecule has 0 aliphatic heterocycles. The van der Waals surface area contributed by atoms with E-state index in [-0.39, 0.29) is 28.4 Å². The van der Waals surface area contributed by atoms with E-state index in [1.807, 2.05) is 0 Å². The van der Waals surface area contributed by atoms with Gasteiger partial charge in [-0.25, -0.2) is 26.9 Å². The first-order chi connectivity index (χ1) is 15.3. The summed E-state index contributed by atoms with van der Waals surface area (Å²) in [5.74, 6) is -1.47. The van der Waals surface area contributed by atoms with E-state index in [0.29, 0.717) is 16.7 Å². The summed E-state index contributed by atoms with van der Waals surface area (Å²) in [5.41, 5.74) is 1.75. The van der Waals surface area contributed by atoms with E-state index in [0.717, 1.165) is 18.2 Å². The van der Waals surface area contributed by atoms with Crippen LogP contribution >= 0.6 is 0 Å². The summed E-state index contributed by atoms with van der Waals surface area (Å²) < 4.78 is 53.9. The molecule has 164 valence electrons. The van der Waals surface area contributed by atoms with Crippen LogP contribution in [0, 0.1) is 11.6 Å². The number of hydrogen-bond donors (Lipinski definition) is 3. The normalized spacial score (nSPS) is 11.6. The number of nitrogens with zero attached hydrogens (tertiary/aromatic N) is 1. The van der Waals surface area contributed by atoms with Gasteiger partial charge in [0, 0.05) is 17.8 Å². The molecule has 1 heterocycles. The Labute approximate surface area is 182 Å². The van der Waals surface area contributed by atoms with Crippen LogP contribution in [0.4, 0.5) is 14.5 Å². The van der Waals surface area contributed by atoms with Gasteiger partial charge >= 0.3 is 0 Å². The Morgan fingerprint density at radius 2 is 1.78 bits per heavy atom. The van der Waals surface area contributed by atoms with E-state index in [1.165, 1.54) is 24.3 Å². The number of carbonyl (C=O) groups excluding carboxylic acids is 1. The maximum atomic E-state index is 14.0. The lowest BCUT2D eigenvalue weighted by Crippen LogP contribution is -2.23. The molecule has 0 unspecified atom stereocenters. The zero-order valence-electron chi connectivity index (χ0n) is 16.8. The molecule has 32 heavy (non-hydrogen) atoms. The topological polar surface area (TPSA) is 104 Å². The number of amides is 1. The van der Waals surface area contributed by atoms with Gasteiger partial charge in [0.2, 0.25) is 10.0 Å². The van der Waals surface area contributed by atoms with Gasteiger partial charge in [0.05, 0.1) is 21.5 Å². The standard InChI is InChI=1S/C22H18F2N4O3S/c1-2-25-32(30,31)16-7-3-13(4-8-16)22(29)26-15-6-10-19-20(12-15)28-21(27-19)17-11-14(23)5-9-18(17)24/h3-12,25H,2H2,1H3,(H,26,29)(H,27,28). The summed E-state index contributed by atoms with van der Waals surface area (Å²) in [5, 5.41) is 2.72. The van der Waals surface area contributed by atoms with Crippen molar-refractivity contribution in [3.63, 3.8) is 0 Å². The van der Waals surface area contributed by atoms with Crippen molar-refractivity contribution in [2.75, 3.05) is 11.9 Å². The van der Waals surface area contributed by atoms with E-state index in [9.17, 15) is 22.0 Å². The third-order valence-corrected chi connectivity index (χ3v) is 6.25. The second-order valence-electron chi connectivity index (χ2n) is 6.92. The molecule has 0 aliphatic rings. The highest BCUT2D eigenvalue weighted by atomic mass is 32.2. The van der Waals surface area contributed by atoms with Crippen molar-refractivity contribution in [1.82, 2.24) is 14.7 Å². The fourth-order valence-corrected chi connectivity index (χ4v) is 4.20. The molecule has 3 N–H and O–H groups in total. The number of hydrogen-bond acceptors (Lipinski definition) is 4. The number of benzene rings is 3. The van der Waals surface area contributed by atoms with Gasteiger partial charge in [0.1, 0.15) is 17.5 Å². The van der Waals surface area contributed by atoms with E-state index in [4.69, 9.17) is 0 Å². The Morgan fingerprint density at radius 1 is 1.03 bits per heavy atom. The van der Waals surface area contributed by atoms with Crippen molar-refractivity contribution < 1.29 is 22.0 Å². The predicted molar refractivity (Wildman–Crippen MR) is 117 cm³/mol. The number of imidazole rings is 1. The van der Waals surface area contributed by atoms with Crippen molar-refractivity contribution in [2.45, 2.75) is 11.8 Å². The number of fused-ring (bicyclic) bond motifs is 1. The zero-order chi connectivity index (χ0) is 22.9. The van der Waals surface area contributed by atoms with Gasteiger partial charge in [-0.05, 0) is 60.7 Å². The Bertz CT molecular complexity index is 1420. The van der Waals surface area contributed by atoms with Gasteiger partial charge in [-0.2, -0.15) is 0 Å². The number of aromatic nitrogens is 2. The summed E-state index contributed by atoms with van der Waals surface area (Å²) in [7, 11) is -3.61. The highest BCUT2D eigenvalue weighted by Crippen LogP contribution is 2.26. The van der Waals surface area contributed by atoms with Gasteiger partial charge < -0.3 is 10.3 Å². The summed E-state index contributed by atoms with van der Waals surface area (Å²) in [6.07, 6.45) is 0. The summed E-state index contributed by atoms with van der Waals surface area (Å²) in [6, 6.07) is 13.5. The molecule has 0 spiro atoms. The lowest BCUT2D eigenvalue weighted by molar-refractivity contribution is 0.102. The van der Waals surface area contributed by atoms with Crippen LogP contribution in [0.2, 0.25) is 0 Å². The SMILES string of the molecule is CCNS(=O)(=O)c1ccc(C(=O)Nc2ccc3nc(-c4cc(F)ccc4F)[nH]c3c2)cc1. The fraction of sp³-hybridized carbons (Fsp3) is 0.0909. The molecule has 0 fully saturated rings. The number of nitrogens with one attached hydrogen (secondary N) is 3. The van der Waals surface area contributed by atoms with Gasteiger partial charge in [-0.3, -0.25) is 4.79 Å². The van der Waals surface area contributed by atoms with Crippen LogP contribution in [-0.2, 0) is 10.0 Å². The molecule has 0 atom stereocenters. The smallest absolute Gasteiger partial charge is 0.255 e. The van der Waals surface area contributed by atoms with Crippen molar-refractivity contribution >= 4 is 32.7 Å². The van der Waals surface area contributed by atoms with Crippen molar-refractivity contribution in [3.8, 4) is 11.4 Å². The average molecular weight is 456 g/mol. The molecule has 3 aromatic carbocycles. The van der Waals surface area contributed by atoms with Crippen LogP contribution in [0.1, 0.15) is 17.3 Å². The Hall–Kier alpha value is -3.63. The molecule has 0 radical (unpaired) electrons. The minimum atomic E-state index is -3.61. The number of rotatable bonds is 6. The average Bonchev–Trinajstić information content (AvgIpc) is 3.18. The van der Waals surface area contributed by atoms with Crippen LogP contribution in [0.15, 0.2) is 65.6 Å². The molecule has 0 saturated carbocycles. The van der Waals surface area contributed by atoms with Crippen molar-refractivity contribution in [3.05, 3.63) is 77.9 Å². The van der Waals surface area contributed by atoms with Crippen LogP contribution in [0.5, 0.6) is 0 Å². The highest BCUT2D eigenvalue weighted by molar-refractivity contribution is 7.89. The molecule has 10 heteroatoms. The molecule has 7 nitrogen and oxygen atoms in total. The summed E-state index contributed by atoms with van der Waals surface area (Å²) in [4.78, 5) is 19.8. The van der Waals surface area contributed by atoms with Crippen LogP contribution in [0.25, 0.3) is 22.4 Å². The number of aromatic amines is 1. The number of carbonyl (C=O) groups is 1. The second-order valence-corrected chi connectivity index (χ2v) is 8.69. The largest absolute Gasteiger partial charge is 0.338 e. The minimum Gasteiger partial charge on any atom is -0.338 e. The third-order valence-electron chi connectivity index (χ3n) is 4.68. The Kier molecular flexibility index (Phi) is 5.72. The minimum absolute atomic E-state index is 0.000564. The zero-order valence-corrected chi connectivity index (χ0v) is 17.6. The van der Waals surface area contributed by atoms with E-state index >= 15 is 0 Å². The molecule has 1 aromatic heterocycles. The first kappa shape index (κ1) is 21.6. The van der Waals surface area contributed by atoms with Gasteiger partial charge in [-0.1, -0.05) is 6.92 Å². The molecule has 0 aliphatic carbocycles. The third kappa shape index (κ3) is 4.36. The molecule has 0 bridgehead atoms. The summed E-state index contributed by atoms with van der Waals surface area (Å²) in [6.45, 7) is 1.93. The van der Waals surface area contributed by atoms with Gasteiger partial charge in [0.25, 0.3) is 5.91 Å². The number of halogens is 2. The molecule has 4 aromatic rings. The Morgan fingerprint density at radius 3 is 2.50 bits per heavy atom. The lowest BCUT2D eigenvalue weighted by atomic mass is 10.2. The highest BCUT2D eigenvalue weighted by Gasteiger charge is 2.15. The first-order valence-electron chi connectivity index (χ1n) is 9.63. The van der Waals surface area contributed by atoms with E-state index in [2.05, 4.69) is 20.0 Å². The lowest BCUT2D eigenvalue weighted by Gasteiger charge is -2.07. The molecular formula is C22H18F2N4O3S. The monoisotopic (exact) mass is 456 g/mol. The van der Waals surface area contributed by atoms with E-state index in [1.54, 1.807) is 25.1 Å². The van der Waals surface area contributed by atoms with Crippen molar-refractivity contribution in [1.29, 1.82) is 0 Å². The molecule has 0 saturated heterocycles. The fourth-order valence-electron chi connectivity index (χ4n) is 3.16. The Balaban J connectivity index is 1.55. The van der Waals surface area contributed by atoms with Crippen LogP contribution in [0.3, 0.4) is 0 Å². The second kappa shape index (κ2) is 8.48. The molecular weight excluding hydrogens is 438 g/mol. The van der Waals surface area contributed by atoms with Crippen LogP contribution < -0.4 is 10.0 Å². The van der Waals surface area contributed by atoms with E-state index < -0.39 is 27.6 Å². The predicted octanol–water partition coefficient (Wildman–Crippen LogP) is 4.06. The maximum Gasteiger partial charge on any atom is 0.255 e. The maximum absolute atomic E-state index is 14.0. The van der Waals surface area contributed by atoms with Crippen LogP contribution in [-0.4, -0.2) is 30.8 Å². The molecule has 1 amide bonds. The van der Waals surface area contributed by atoms with Gasteiger partial charge in [-0.15, -0.1) is 0 Å². The number of anilines is 1. The molecule has 4 rings (SSSR count).